The van der Waals surface area contributed by atoms with E-state index in [-0.39, 0.29) is 36.3 Å². The van der Waals surface area contributed by atoms with E-state index in [2.05, 4.69) is 4.98 Å². The topological polar surface area (TPSA) is 117 Å². The highest BCUT2D eigenvalue weighted by atomic mass is 16.6. The lowest BCUT2D eigenvalue weighted by atomic mass is 9.79. The van der Waals surface area contributed by atoms with Crippen LogP contribution in [0.3, 0.4) is 0 Å². The molecule has 2 bridgehead atoms. The summed E-state index contributed by atoms with van der Waals surface area (Å²) in [4.78, 5) is 41.9. The molecule has 2 fully saturated rings. The molecule has 140 valence electrons. The largest absolute Gasteiger partial charge is 0.465 e. The fraction of sp³-hybridized carbons (Fsp3) is 0.588. The van der Waals surface area contributed by atoms with E-state index in [9.17, 15) is 24.8 Å². The fourth-order valence-corrected chi connectivity index (χ4v) is 4.25. The lowest BCUT2D eigenvalue weighted by Gasteiger charge is -2.43. The van der Waals surface area contributed by atoms with Gasteiger partial charge in [-0.2, -0.15) is 0 Å². The normalized spacial score (nSPS) is 26.0. The number of carbonyl (C=O) groups is 2. The molecule has 1 aromatic rings. The first-order valence-corrected chi connectivity index (χ1v) is 8.55. The Kier molecular flexibility index (Phi) is 4.33. The Hall–Kier alpha value is -2.71. The molecule has 9 heteroatoms. The number of carbonyl (C=O) groups excluding carboxylic acids is 1. The van der Waals surface area contributed by atoms with Crippen molar-refractivity contribution in [3.8, 4) is 0 Å². The molecule has 1 unspecified atom stereocenters. The van der Waals surface area contributed by atoms with Crippen LogP contribution in [0.2, 0.25) is 0 Å². The highest BCUT2D eigenvalue weighted by Gasteiger charge is 2.52. The number of amides is 2. The summed E-state index contributed by atoms with van der Waals surface area (Å²) < 4.78 is 0. The minimum Gasteiger partial charge on any atom is -0.465 e. The van der Waals surface area contributed by atoms with E-state index in [1.807, 2.05) is 20.8 Å². The summed E-state index contributed by atoms with van der Waals surface area (Å²) in [6, 6.07) is 1.73. The van der Waals surface area contributed by atoms with Gasteiger partial charge >= 0.3 is 11.9 Å². The Labute approximate surface area is 150 Å². The zero-order valence-corrected chi connectivity index (χ0v) is 15.0. The average molecular weight is 362 g/mol. The number of fused-ring (bicyclic) bond motifs is 2. The molecule has 3 rings (SSSR count). The Morgan fingerprint density at radius 2 is 2.04 bits per heavy atom. The summed E-state index contributed by atoms with van der Waals surface area (Å²) in [5.74, 6) is -0.476. The summed E-state index contributed by atoms with van der Waals surface area (Å²) in [5.41, 5.74) is 0.0630. The number of hydrogen-bond donors (Lipinski definition) is 1. The number of carboxylic acid groups (broad SMARTS) is 1. The lowest BCUT2D eigenvalue weighted by Crippen LogP contribution is -2.56. The van der Waals surface area contributed by atoms with Crippen LogP contribution < -0.4 is 4.90 Å². The van der Waals surface area contributed by atoms with E-state index < -0.39 is 16.4 Å². The molecule has 2 amide bonds. The quantitative estimate of drug-likeness (QED) is 0.638. The average Bonchev–Trinajstić information content (AvgIpc) is 2.87. The number of aromatic nitrogens is 1. The van der Waals surface area contributed by atoms with Crippen molar-refractivity contribution in [2.75, 3.05) is 4.90 Å². The minimum absolute atomic E-state index is 0.104. The molecule has 0 saturated carbocycles. The second-order valence-electron chi connectivity index (χ2n) is 7.90. The predicted octanol–water partition coefficient (Wildman–Crippen LogP) is 2.65. The first kappa shape index (κ1) is 18.1. The molecule has 0 radical (unpaired) electrons. The zero-order valence-electron chi connectivity index (χ0n) is 15.0. The third-order valence-electron chi connectivity index (χ3n) is 5.17. The standard InChI is InChI=1S/C17H22N4O5/c1-17(2,3)15-12-6-4-10(19(12)16(23)24)8-14(22)20(15)11-5-7-13(18-9-11)21(25)26/h5,7,9-10,12,15H,4,6,8H2,1-3H3,(H,23,24)/t10-,12+,15?/m0/s1. The number of pyridine rings is 1. The number of rotatable bonds is 2. The first-order chi connectivity index (χ1) is 12.1. The fourth-order valence-electron chi connectivity index (χ4n) is 4.25. The summed E-state index contributed by atoms with van der Waals surface area (Å²) in [6.07, 6.45) is 1.76. The van der Waals surface area contributed by atoms with Crippen LogP contribution in [0, 0.1) is 15.5 Å². The SMILES string of the molecule is CC(C)(C)C1[C@H]2CC[C@@H](CC(=O)N1c1ccc([N+](=O)[O-])nc1)N2C(=O)O. The Bertz CT molecular complexity index is 743. The summed E-state index contributed by atoms with van der Waals surface area (Å²) in [6.45, 7) is 5.90. The van der Waals surface area contributed by atoms with Crippen molar-refractivity contribution in [3.05, 3.63) is 28.4 Å². The summed E-state index contributed by atoms with van der Waals surface area (Å²) in [7, 11) is 0. The van der Waals surface area contributed by atoms with Crippen LogP contribution in [0.4, 0.5) is 16.3 Å². The van der Waals surface area contributed by atoms with Gasteiger partial charge in [0.1, 0.15) is 0 Å². The molecule has 1 N–H and O–H groups in total. The molecular weight excluding hydrogens is 340 g/mol. The molecule has 0 spiro atoms. The first-order valence-electron chi connectivity index (χ1n) is 8.55. The van der Waals surface area contributed by atoms with Gasteiger partial charge in [0.25, 0.3) is 0 Å². The van der Waals surface area contributed by atoms with Gasteiger partial charge in [-0.1, -0.05) is 20.8 Å². The predicted molar refractivity (Wildman–Crippen MR) is 92.9 cm³/mol. The molecule has 3 heterocycles. The molecule has 2 saturated heterocycles. The van der Waals surface area contributed by atoms with Gasteiger partial charge in [0.15, 0.2) is 6.20 Å². The maximum atomic E-state index is 13.0. The summed E-state index contributed by atoms with van der Waals surface area (Å²) >= 11 is 0. The zero-order chi connectivity index (χ0) is 19.2. The minimum atomic E-state index is -1.01. The van der Waals surface area contributed by atoms with E-state index in [0.29, 0.717) is 18.5 Å². The second kappa shape index (κ2) is 6.22. The smallest absolute Gasteiger partial charge is 0.407 e. The number of nitrogens with zero attached hydrogens (tertiary/aromatic N) is 4. The van der Waals surface area contributed by atoms with Gasteiger partial charge < -0.3 is 20.1 Å². The van der Waals surface area contributed by atoms with Crippen LogP contribution in [0.1, 0.15) is 40.0 Å². The van der Waals surface area contributed by atoms with Crippen molar-refractivity contribution in [2.24, 2.45) is 5.41 Å². The molecule has 0 aliphatic carbocycles. The molecule has 0 aromatic carbocycles. The van der Waals surface area contributed by atoms with Crippen LogP contribution in [0.15, 0.2) is 18.3 Å². The van der Waals surface area contributed by atoms with E-state index in [4.69, 9.17) is 0 Å². The Morgan fingerprint density at radius 3 is 2.54 bits per heavy atom. The van der Waals surface area contributed by atoms with Gasteiger partial charge in [0.2, 0.25) is 5.91 Å². The van der Waals surface area contributed by atoms with Crippen molar-refractivity contribution in [1.82, 2.24) is 9.88 Å². The van der Waals surface area contributed by atoms with Gasteiger partial charge in [-0.05, 0) is 34.2 Å². The Morgan fingerprint density at radius 1 is 1.35 bits per heavy atom. The maximum Gasteiger partial charge on any atom is 0.407 e. The number of hydrogen-bond acceptors (Lipinski definition) is 5. The van der Waals surface area contributed by atoms with Crippen LogP contribution in [-0.2, 0) is 4.79 Å². The van der Waals surface area contributed by atoms with Crippen molar-refractivity contribution in [3.63, 3.8) is 0 Å². The van der Waals surface area contributed by atoms with Crippen LogP contribution >= 0.6 is 0 Å². The summed E-state index contributed by atoms with van der Waals surface area (Å²) in [5, 5.41) is 20.5. The van der Waals surface area contributed by atoms with Gasteiger partial charge in [-0.15, -0.1) is 0 Å². The third kappa shape index (κ3) is 2.97. The van der Waals surface area contributed by atoms with Gasteiger partial charge in [-0.3, -0.25) is 9.69 Å². The van der Waals surface area contributed by atoms with Crippen molar-refractivity contribution < 1.29 is 19.6 Å². The molecular formula is C17H22N4O5. The van der Waals surface area contributed by atoms with Gasteiger partial charge in [0, 0.05) is 18.5 Å². The number of nitro groups is 1. The Balaban J connectivity index is 2.08. The van der Waals surface area contributed by atoms with Crippen molar-refractivity contribution in [2.45, 2.75) is 58.2 Å². The number of anilines is 1. The molecule has 3 atom stereocenters. The van der Waals surface area contributed by atoms with Crippen molar-refractivity contribution >= 4 is 23.5 Å². The van der Waals surface area contributed by atoms with Crippen LogP contribution in [0.5, 0.6) is 0 Å². The van der Waals surface area contributed by atoms with Crippen LogP contribution in [0.25, 0.3) is 0 Å². The third-order valence-corrected chi connectivity index (χ3v) is 5.17. The molecule has 9 nitrogen and oxygen atoms in total. The van der Waals surface area contributed by atoms with Gasteiger partial charge in [-0.25, -0.2) is 4.79 Å². The molecule has 2 aliphatic rings. The van der Waals surface area contributed by atoms with E-state index in [1.54, 1.807) is 4.90 Å². The van der Waals surface area contributed by atoms with Crippen molar-refractivity contribution in [1.29, 1.82) is 0 Å². The van der Waals surface area contributed by atoms with Crippen LogP contribution in [-0.4, -0.2) is 50.0 Å². The molecule has 2 aliphatic heterocycles. The molecule has 1 aromatic heterocycles. The van der Waals surface area contributed by atoms with Gasteiger partial charge in [0.05, 0.1) is 17.8 Å². The highest BCUT2D eigenvalue weighted by molar-refractivity contribution is 5.95. The maximum absolute atomic E-state index is 13.0. The highest BCUT2D eigenvalue weighted by Crippen LogP contribution is 2.42. The molecule has 26 heavy (non-hydrogen) atoms. The van der Waals surface area contributed by atoms with E-state index in [1.165, 1.54) is 23.2 Å². The second-order valence-corrected chi connectivity index (χ2v) is 7.90. The van der Waals surface area contributed by atoms with E-state index >= 15 is 0 Å². The monoisotopic (exact) mass is 362 g/mol. The lowest BCUT2D eigenvalue weighted by molar-refractivity contribution is -0.389. The van der Waals surface area contributed by atoms with E-state index in [0.717, 1.165) is 0 Å².